The molecule has 0 atom stereocenters. The highest BCUT2D eigenvalue weighted by atomic mass is 15.2. The maximum absolute atomic E-state index is 2.55. The first-order valence-electron chi connectivity index (χ1n) is 23.3. The molecule has 0 bridgehead atoms. The van der Waals surface area contributed by atoms with Gasteiger partial charge in [-0.15, -0.1) is 0 Å². The smallest absolute Gasteiger partial charge is 0.0789 e. The van der Waals surface area contributed by atoms with Crippen LogP contribution in [0.1, 0.15) is 43.4 Å². The van der Waals surface area contributed by atoms with Gasteiger partial charge in [-0.05, 0) is 118 Å². The summed E-state index contributed by atoms with van der Waals surface area (Å²) in [5, 5.41) is 5.16. The van der Waals surface area contributed by atoms with Crippen LogP contribution in [0.4, 0.5) is 11.4 Å². The number of allylic oxidation sites excluding steroid dienone is 4. The Kier molecular flexibility index (Phi) is 7.86. The number of hydrogen-bond acceptors (Lipinski definition) is 1. The lowest BCUT2D eigenvalue weighted by molar-refractivity contribution is 0.660. The molecule has 12 aromatic rings. The van der Waals surface area contributed by atoms with Gasteiger partial charge in [-0.2, -0.15) is 0 Å². The van der Waals surface area contributed by atoms with E-state index in [0.29, 0.717) is 0 Å². The molecule has 0 spiro atoms. The summed E-state index contributed by atoms with van der Waals surface area (Å²) in [7, 11) is 0. The zero-order chi connectivity index (χ0) is 43.7. The predicted octanol–water partition coefficient (Wildman–Crippen LogP) is 16.8. The first-order chi connectivity index (χ1) is 32.5. The van der Waals surface area contributed by atoms with E-state index in [1.54, 1.807) is 0 Å². The topological polar surface area (TPSA) is 12.1 Å². The molecule has 66 heavy (non-hydrogen) atoms. The monoisotopic (exact) mass is 843 g/mol. The van der Waals surface area contributed by atoms with E-state index in [-0.39, 0.29) is 5.41 Å². The van der Waals surface area contributed by atoms with Gasteiger partial charge in [-0.1, -0.05) is 172 Å². The van der Waals surface area contributed by atoms with Gasteiger partial charge in [0, 0.05) is 49.6 Å². The highest BCUT2D eigenvalue weighted by molar-refractivity contribution is 6.25. The number of benzene rings is 9. The molecule has 2 aliphatic carbocycles. The van der Waals surface area contributed by atoms with Gasteiger partial charge in [-0.3, -0.25) is 0 Å². The van der Waals surface area contributed by atoms with Gasteiger partial charge in [0.25, 0.3) is 0 Å². The molecule has 0 saturated heterocycles. The van der Waals surface area contributed by atoms with Crippen LogP contribution in [0.5, 0.6) is 0 Å². The van der Waals surface area contributed by atoms with Crippen LogP contribution < -0.4 is 4.90 Å². The Morgan fingerprint density at radius 1 is 0.409 bits per heavy atom. The molecule has 3 heteroatoms. The molecule has 0 aliphatic heterocycles. The fraction of sp³-hybridized carbons (Fsp3) is 0.0794. The van der Waals surface area contributed by atoms with Crippen molar-refractivity contribution in [3.8, 4) is 33.4 Å². The summed E-state index contributed by atoms with van der Waals surface area (Å²) in [6.45, 7) is 4.73. The van der Waals surface area contributed by atoms with Crippen molar-refractivity contribution in [1.29, 1.82) is 0 Å². The number of nitrogens with zero attached hydrogens (tertiary/aromatic N) is 3. The Morgan fingerprint density at radius 3 is 1.80 bits per heavy atom. The van der Waals surface area contributed by atoms with Crippen LogP contribution in [0.15, 0.2) is 218 Å². The van der Waals surface area contributed by atoms with Gasteiger partial charge in [0.05, 0.1) is 33.1 Å². The summed E-state index contributed by atoms with van der Waals surface area (Å²) in [6.07, 6.45) is 6.61. The molecule has 14 rings (SSSR count). The minimum Gasteiger partial charge on any atom is -0.314 e. The van der Waals surface area contributed by atoms with Crippen LogP contribution >= 0.6 is 0 Å². The number of rotatable bonds is 6. The van der Waals surface area contributed by atoms with E-state index in [9.17, 15) is 0 Å². The van der Waals surface area contributed by atoms with Crippen molar-refractivity contribution in [2.75, 3.05) is 4.90 Å². The highest BCUT2D eigenvalue weighted by Crippen LogP contribution is 2.51. The van der Waals surface area contributed by atoms with Gasteiger partial charge >= 0.3 is 0 Å². The molecule has 9 aromatic carbocycles. The maximum Gasteiger partial charge on any atom is 0.0789 e. The second-order valence-corrected chi connectivity index (χ2v) is 18.8. The van der Waals surface area contributed by atoms with E-state index in [2.05, 4.69) is 240 Å². The summed E-state index contributed by atoms with van der Waals surface area (Å²) >= 11 is 0. The highest BCUT2D eigenvalue weighted by Gasteiger charge is 2.36. The predicted molar refractivity (Wildman–Crippen MR) is 278 cm³/mol. The van der Waals surface area contributed by atoms with E-state index in [0.717, 1.165) is 18.5 Å². The molecule has 2 aliphatic rings. The van der Waals surface area contributed by atoms with Crippen LogP contribution in [-0.2, 0) is 5.41 Å². The standard InChI is InChI=1S/C63H45N3/c1-63(2)54-26-10-6-23-48(54)53-39-46(31-34-55(53)63)64(45-21-15-19-42(37-45)40-16-4-3-5-17-40)56-27-11-7-22-47(56)44-20-14-18-41(36-44)43-30-35-59-60(38-43)66-58-29-13-9-25-50(58)52-33-32-51-49-24-8-12-28-57(49)65(59)61(51)62(52)66/h3-10,12-26,28-39H,11,27H2,1-2H3. The summed E-state index contributed by atoms with van der Waals surface area (Å²) in [6, 6.07) is 74.8. The number of fused-ring (bicyclic) bond motifs is 12. The minimum atomic E-state index is -0.0661. The van der Waals surface area contributed by atoms with E-state index < -0.39 is 0 Å². The van der Waals surface area contributed by atoms with Crippen molar-refractivity contribution in [2.24, 2.45) is 0 Å². The fourth-order valence-electron chi connectivity index (χ4n) is 11.8. The quantitative estimate of drug-likeness (QED) is 0.152. The second-order valence-electron chi connectivity index (χ2n) is 18.8. The lowest BCUT2D eigenvalue weighted by Crippen LogP contribution is -2.20. The van der Waals surface area contributed by atoms with Gasteiger partial charge in [-0.25, -0.2) is 0 Å². The molecule has 3 aromatic heterocycles. The Balaban J connectivity index is 0.968. The van der Waals surface area contributed by atoms with Gasteiger partial charge in [0.2, 0.25) is 0 Å². The maximum atomic E-state index is 2.55. The molecular formula is C63H45N3. The van der Waals surface area contributed by atoms with E-state index >= 15 is 0 Å². The third-order valence-electron chi connectivity index (χ3n) is 14.9. The SMILES string of the molecule is CC1(C)c2ccccc2-c2cc(N(C3=C(c4cccc(-c5ccc6c(c5)n5c7ccccc7c7ccc8c9ccccc9n6c8c75)c4)C=CCC3)c3cccc(-c4ccccc4)c3)ccc21. The van der Waals surface area contributed by atoms with E-state index in [1.807, 2.05) is 0 Å². The summed E-state index contributed by atoms with van der Waals surface area (Å²) in [4.78, 5) is 2.55. The Bertz CT molecular complexity index is 4020. The Hall–Kier alpha value is -8.14. The van der Waals surface area contributed by atoms with Crippen molar-refractivity contribution in [1.82, 2.24) is 8.80 Å². The van der Waals surface area contributed by atoms with Crippen molar-refractivity contribution >= 4 is 71.6 Å². The van der Waals surface area contributed by atoms with Gasteiger partial charge in [0.15, 0.2) is 0 Å². The lowest BCUT2D eigenvalue weighted by Gasteiger charge is -2.32. The normalized spacial score (nSPS) is 14.4. The van der Waals surface area contributed by atoms with Crippen LogP contribution in [0.25, 0.3) is 93.6 Å². The Labute approximate surface area is 383 Å². The van der Waals surface area contributed by atoms with Crippen molar-refractivity contribution in [3.63, 3.8) is 0 Å². The first kappa shape index (κ1) is 37.3. The molecule has 0 N–H and O–H groups in total. The Morgan fingerprint density at radius 2 is 1.02 bits per heavy atom. The van der Waals surface area contributed by atoms with Crippen molar-refractivity contribution in [2.45, 2.75) is 32.1 Å². The second kappa shape index (κ2) is 13.9. The number of hydrogen-bond donors (Lipinski definition) is 0. The molecule has 312 valence electrons. The van der Waals surface area contributed by atoms with Gasteiger partial charge < -0.3 is 13.7 Å². The number of anilines is 2. The zero-order valence-corrected chi connectivity index (χ0v) is 37.0. The van der Waals surface area contributed by atoms with E-state index in [4.69, 9.17) is 0 Å². The van der Waals surface area contributed by atoms with Crippen molar-refractivity contribution < 1.29 is 0 Å². The fourth-order valence-corrected chi connectivity index (χ4v) is 11.8. The summed E-state index contributed by atoms with van der Waals surface area (Å²) < 4.78 is 5.03. The third kappa shape index (κ3) is 5.26. The number of para-hydroxylation sites is 2. The minimum absolute atomic E-state index is 0.0661. The molecule has 3 heterocycles. The number of aromatic nitrogens is 2. The summed E-state index contributed by atoms with van der Waals surface area (Å²) in [5.74, 6) is 0. The third-order valence-corrected chi connectivity index (χ3v) is 14.9. The molecule has 0 amide bonds. The zero-order valence-electron chi connectivity index (χ0n) is 37.0. The van der Waals surface area contributed by atoms with Crippen LogP contribution in [0, 0.1) is 0 Å². The van der Waals surface area contributed by atoms with E-state index in [1.165, 1.54) is 122 Å². The van der Waals surface area contributed by atoms with Crippen LogP contribution in [-0.4, -0.2) is 8.80 Å². The lowest BCUT2D eigenvalue weighted by atomic mass is 9.82. The first-order valence-corrected chi connectivity index (χ1v) is 23.3. The average molecular weight is 844 g/mol. The van der Waals surface area contributed by atoms with Crippen LogP contribution in [0.3, 0.4) is 0 Å². The van der Waals surface area contributed by atoms with Gasteiger partial charge in [0.1, 0.15) is 0 Å². The molecule has 0 radical (unpaired) electrons. The molecule has 0 fully saturated rings. The molecular weight excluding hydrogens is 799 g/mol. The molecule has 3 nitrogen and oxygen atoms in total. The van der Waals surface area contributed by atoms with Crippen molar-refractivity contribution in [3.05, 3.63) is 235 Å². The van der Waals surface area contributed by atoms with Crippen LogP contribution in [0.2, 0.25) is 0 Å². The average Bonchev–Trinajstić information content (AvgIpc) is 3.98. The molecule has 0 saturated carbocycles. The summed E-state index contributed by atoms with van der Waals surface area (Å²) in [5.41, 5.74) is 23.7. The molecule has 0 unspecified atom stereocenters. The largest absolute Gasteiger partial charge is 0.314 e.